The van der Waals surface area contributed by atoms with E-state index in [9.17, 15) is 14.0 Å². The van der Waals surface area contributed by atoms with Gasteiger partial charge in [-0.15, -0.1) is 5.10 Å². The highest BCUT2D eigenvalue weighted by Gasteiger charge is 2.12. The first-order chi connectivity index (χ1) is 8.60. The van der Waals surface area contributed by atoms with Crippen LogP contribution in [0.15, 0.2) is 33.5 Å². The number of rotatable bonds is 3. The molecule has 0 aliphatic rings. The van der Waals surface area contributed by atoms with Gasteiger partial charge in [0, 0.05) is 12.6 Å². The third-order valence-electron chi connectivity index (χ3n) is 2.27. The number of halogens is 1. The lowest BCUT2D eigenvalue weighted by molar-refractivity contribution is -0.121. The first kappa shape index (κ1) is 12.0. The largest absolute Gasteiger partial charge is 0.437 e. The molecule has 1 aromatic heterocycles. The minimum absolute atomic E-state index is 0.0453. The summed E-state index contributed by atoms with van der Waals surface area (Å²) in [5, 5.41) is 6.22. The Hall–Kier alpha value is -2.44. The number of nitrogens with one attached hydrogen (secondary N) is 1. The molecular formula is C11H10FN3O3. The third kappa shape index (κ3) is 2.45. The fraction of sp³-hybridized carbons (Fsp3) is 0.182. The fourth-order valence-corrected chi connectivity index (χ4v) is 1.33. The van der Waals surface area contributed by atoms with E-state index in [4.69, 9.17) is 4.42 Å². The van der Waals surface area contributed by atoms with Gasteiger partial charge in [-0.25, -0.2) is 9.18 Å². The van der Waals surface area contributed by atoms with E-state index >= 15 is 0 Å². The molecule has 0 aliphatic heterocycles. The van der Waals surface area contributed by atoms with Crippen LogP contribution in [0, 0.1) is 5.82 Å². The summed E-state index contributed by atoms with van der Waals surface area (Å²) >= 11 is 0. The highest BCUT2D eigenvalue weighted by molar-refractivity contribution is 5.75. The summed E-state index contributed by atoms with van der Waals surface area (Å²) in [6.45, 7) is -0.222. The molecule has 0 spiro atoms. The van der Waals surface area contributed by atoms with E-state index in [2.05, 4.69) is 10.4 Å². The molecule has 1 N–H and O–H groups in total. The van der Waals surface area contributed by atoms with Gasteiger partial charge in [0.1, 0.15) is 12.4 Å². The lowest BCUT2D eigenvalue weighted by Crippen LogP contribution is -2.28. The smallest absolute Gasteiger partial charge is 0.388 e. The van der Waals surface area contributed by atoms with Crippen molar-refractivity contribution in [2.45, 2.75) is 6.54 Å². The van der Waals surface area contributed by atoms with Gasteiger partial charge >= 0.3 is 5.76 Å². The number of hydrogen-bond acceptors (Lipinski definition) is 4. The predicted octanol–water partition coefficient (Wildman–Crippen LogP) is 0.388. The molecule has 1 heterocycles. The SMILES string of the molecule is CNC(=O)Cn1nc(-c2ccc(F)cc2)oc1=O. The molecule has 0 bridgehead atoms. The molecule has 0 saturated carbocycles. The summed E-state index contributed by atoms with van der Waals surface area (Å²) in [4.78, 5) is 22.5. The molecule has 0 unspecified atom stereocenters. The van der Waals surface area contributed by atoms with Crippen molar-refractivity contribution in [2.75, 3.05) is 7.05 Å². The zero-order valence-electron chi connectivity index (χ0n) is 9.51. The van der Waals surface area contributed by atoms with Crippen LogP contribution in [0.2, 0.25) is 0 Å². The first-order valence-corrected chi connectivity index (χ1v) is 5.14. The van der Waals surface area contributed by atoms with Crippen molar-refractivity contribution in [1.82, 2.24) is 15.1 Å². The maximum Gasteiger partial charge on any atom is 0.437 e. The average molecular weight is 251 g/mol. The number of carbonyl (C=O) groups is 1. The van der Waals surface area contributed by atoms with Crippen LogP contribution < -0.4 is 11.1 Å². The van der Waals surface area contributed by atoms with E-state index in [1.54, 1.807) is 0 Å². The molecule has 1 amide bonds. The van der Waals surface area contributed by atoms with Crippen molar-refractivity contribution >= 4 is 5.91 Å². The zero-order valence-corrected chi connectivity index (χ0v) is 9.51. The highest BCUT2D eigenvalue weighted by Crippen LogP contribution is 2.15. The Morgan fingerprint density at radius 1 is 1.44 bits per heavy atom. The highest BCUT2D eigenvalue weighted by atomic mass is 19.1. The van der Waals surface area contributed by atoms with Crippen molar-refractivity contribution in [3.05, 3.63) is 40.6 Å². The lowest BCUT2D eigenvalue weighted by Gasteiger charge is -1.96. The van der Waals surface area contributed by atoms with Crippen molar-refractivity contribution in [3.63, 3.8) is 0 Å². The van der Waals surface area contributed by atoms with Crippen LogP contribution in [0.1, 0.15) is 0 Å². The number of aromatic nitrogens is 2. The molecule has 0 radical (unpaired) electrons. The van der Waals surface area contributed by atoms with E-state index in [1.165, 1.54) is 31.3 Å². The van der Waals surface area contributed by atoms with Crippen LogP contribution in [-0.2, 0) is 11.3 Å². The van der Waals surface area contributed by atoms with E-state index < -0.39 is 11.6 Å². The van der Waals surface area contributed by atoms with Crippen LogP contribution in [0.4, 0.5) is 4.39 Å². The number of carbonyl (C=O) groups excluding carboxylic acids is 1. The summed E-state index contributed by atoms with van der Waals surface area (Å²) < 4.78 is 18.5. The number of likely N-dealkylation sites (N-methyl/N-ethyl adjacent to an activating group) is 1. The predicted molar refractivity (Wildman–Crippen MR) is 60.2 cm³/mol. The van der Waals surface area contributed by atoms with Gasteiger partial charge in [0.05, 0.1) is 0 Å². The Labute approximate surface area is 101 Å². The second kappa shape index (κ2) is 4.82. The van der Waals surface area contributed by atoms with Crippen LogP contribution >= 0.6 is 0 Å². The van der Waals surface area contributed by atoms with E-state index in [-0.39, 0.29) is 18.3 Å². The zero-order chi connectivity index (χ0) is 13.1. The molecule has 7 heteroatoms. The van der Waals surface area contributed by atoms with Gasteiger partial charge in [-0.2, -0.15) is 4.68 Å². The van der Waals surface area contributed by atoms with Gasteiger partial charge in [-0.3, -0.25) is 4.79 Å². The van der Waals surface area contributed by atoms with Gasteiger partial charge in [-0.05, 0) is 24.3 Å². The Morgan fingerprint density at radius 3 is 2.72 bits per heavy atom. The van der Waals surface area contributed by atoms with Gasteiger partial charge in [0.15, 0.2) is 0 Å². The minimum atomic E-state index is -0.738. The van der Waals surface area contributed by atoms with E-state index in [0.717, 1.165) is 4.68 Å². The molecule has 2 rings (SSSR count). The van der Waals surface area contributed by atoms with Crippen LogP contribution in [0.5, 0.6) is 0 Å². The lowest BCUT2D eigenvalue weighted by atomic mass is 10.2. The Morgan fingerprint density at radius 2 is 2.11 bits per heavy atom. The topological polar surface area (TPSA) is 77.1 Å². The molecule has 0 fully saturated rings. The molecule has 0 saturated heterocycles. The maximum absolute atomic E-state index is 12.7. The fourth-order valence-electron chi connectivity index (χ4n) is 1.33. The molecule has 6 nitrogen and oxygen atoms in total. The summed E-state index contributed by atoms with van der Waals surface area (Å²) in [7, 11) is 1.45. The van der Waals surface area contributed by atoms with Crippen molar-refractivity contribution in [1.29, 1.82) is 0 Å². The Kier molecular flexibility index (Phi) is 3.22. The van der Waals surface area contributed by atoms with E-state index in [1.807, 2.05) is 0 Å². The molecule has 2 aromatic rings. The van der Waals surface area contributed by atoms with Crippen molar-refractivity contribution in [2.24, 2.45) is 0 Å². The van der Waals surface area contributed by atoms with Gasteiger partial charge < -0.3 is 9.73 Å². The summed E-state index contributed by atoms with van der Waals surface area (Å²) in [6, 6.07) is 5.33. The molecule has 18 heavy (non-hydrogen) atoms. The summed E-state index contributed by atoms with van der Waals surface area (Å²) in [5.74, 6) is -1.45. The van der Waals surface area contributed by atoms with Crippen molar-refractivity contribution < 1.29 is 13.6 Å². The quantitative estimate of drug-likeness (QED) is 0.856. The standard InChI is InChI=1S/C11H10FN3O3/c1-13-9(16)6-15-11(17)18-10(14-15)7-2-4-8(12)5-3-7/h2-5H,6H2,1H3,(H,13,16). The molecule has 0 atom stereocenters. The third-order valence-corrected chi connectivity index (χ3v) is 2.27. The average Bonchev–Trinajstić information content (AvgIpc) is 2.71. The number of nitrogens with zero attached hydrogens (tertiary/aromatic N) is 2. The Balaban J connectivity index is 2.31. The second-order valence-corrected chi connectivity index (χ2v) is 3.51. The monoisotopic (exact) mass is 251 g/mol. The molecule has 0 aliphatic carbocycles. The number of benzene rings is 1. The van der Waals surface area contributed by atoms with Gasteiger partial charge in [0.2, 0.25) is 11.8 Å². The summed E-state index contributed by atoms with van der Waals surface area (Å²) in [5.41, 5.74) is 0.462. The van der Waals surface area contributed by atoms with Crippen LogP contribution in [0.3, 0.4) is 0 Å². The minimum Gasteiger partial charge on any atom is -0.388 e. The van der Waals surface area contributed by atoms with Crippen molar-refractivity contribution in [3.8, 4) is 11.5 Å². The van der Waals surface area contributed by atoms with Gasteiger partial charge in [-0.1, -0.05) is 0 Å². The maximum atomic E-state index is 12.7. The van der Waals surface area contributed by atoms with Crippen LogP contribution in [0.25, 0.3) is 11.5 Å². The molecular weight excluding hydrogens is 241 g/mol. The number of hydrogen-bond donors (Lipinski definition) is 1. The molecule has 1 aromatic carbocycles. The first-order valence-electron chi connectivity index (χ1n) is 5.14. The Bertz CT molecular complexity index is 615. The second-order valence-electron chi connectivity index (χ2n) is 3.51. The van der Waals surface area contributed by atoms with Gasteiger partial charge in [0.25, 0.3) is 0 Å². The molecule has 94 valence electrons. The van der Waals surface area contributed by atoms with E-state index in [0.29, 0.717) is 5.56 Å². The summed E-state index contributed by atoms with van der Waals surface area (Å²) in [6.07, 6.45) is 0. The normalized spacial score (nSPS) is 10.3. The van der Waals surface area contributed by atoms with Crippen LogP contribution in [-0.4, -0.2) is 22.7 Å². The number of amides is 1.